The van der Waals surface area contributed by atoms with Gasteiger partial charge in [0.2, 0.25) is 10.0 Å². The van der Waals surface area contributed by atoms with Crippen LogP contribution in [0.15, 0.2) is 77.8 Å². The summed E-state index contributed by atoms with van der Waals surface area (Å²) >= 11 is 0. The van der Waals surface area contributed by atoms with Gasteiger partial charge in [-0.1, -0.05) is 41.6 Å². The van der Waals surface area contributed by atoms with Gasteiger partial charge in [-0.3, -0.25) is 0 Å². The Balaban J connectivity index is 1.47. The molecule has 0 saturated heterocycles. The number of benzene rings is 3. The number of fused-ring (bicyclic) bond motifs is 2. The van der Waals surface area contributed by atoms with Crippen LogP contribution in [0.25, 0.3) is 0 Å². The van der Waals surface area contributed by atoms with Crippen molar-refractivity contribution in [3.63, 3.8) is 0 Å². The van der Waals surface area contributed by atoms with Crippen molar-refractivity contribution in [2.75, 3.05) is 25.1 Å². The standard InChI is InChI=1S/C27H26F3N5O4S/c1-33(13-14-36)23-6-4-8-25-26(23)40(37,38)35(16-20-5-2-3-7-24(20)39-25)18-22-17-34(32-31-22)15-19-9-11-21(12-10-19)27(28,29)30/h2-12,17,36H,13-16,18H2,1H3. The van der Waals surface area contributed by atoms with Gasteiger partial charge in [0, 0.05) is 25.7 Å². The molecule has 210 valence electrons. The molecule has 9 nitrogen and oxygen atoms in total. The molecule has 1 aliphatic heterocycles. The van der Waals surface area contributed by atoms with Crippen LogP contribution in [0.4, 0.5) is 18.9 Å². The Morgan fingerprint density at radius 1 is 1.00 bits per heavy atom. The molecule has 0 aliphatic carbocycles. The lowest BCUT2D eigenvalue weighted by molar-refractivity contribution is -0.137. The second-order valence-corrected chi connectivity index (χ2v) is 11.2. The van der Waals surface area contributed by atoms with E-state index >= 15 is 0 Å². The number of aliphatic hydroxyl groups excluding tert-OH is 1. The molecule has 0 atom stereocenters. The second kappa shape index (κ2) is 10.9. The number of aromatic nitrogens is 3. The minimum atomic E-state index is -4.43. The molecule has 0 fully saturated rings. The van der Waals surface area contributed by atoms with Crippen LogP contribution in [-0.4, -0.2) is 53.0 Å². The minimum absolute atomic E-state index is 0.00175. The second-order valence-electron chi connectivity index (χ2n) is 9.33. The van der Waals surface area contributed by atoms with E-state index in [0.29, 0.717) is 28.3 Å². The van der Waals surface area contributed by atoms with Crippen LogP contribution in [0.5, 0.6) is 11.5 Å². The highest BCUT2D eigenvalue weighted by Gasteiger charge is 2.35. The number of aliphatic hydroxyl groups is 1. The average molecular weight is 574 g/mol. The number of anilines is 1. The number of nitrogens with zero attached hydrogens (tertiary/aromatic N) is 5. The van der Waals surface area contributed by atoms with E-state index in [2.05, 4.69) is 10.3 Å². The van der Waals surface area contributed by atoms with Gasteiger partial charge in [-0.05, 0) is 35.9 Å². The first kappa shape index (κ1) is 27.6. The highest BCUT2D eigenvalue weighted by atomic mass is 32.2. The van der Waals surface area contributed by atoms with E-state index in [0.717, 1.165) is 12.1 Å². The van der Waals surface area contributed by atoms with E-state index in [1.807, 2.05) is 0 Å². The molecule has 0 bridgehead atoms. The molecule has 40 heavy (non-hydrogen) atoms. The molecule has 1 N–H and O–H groups in total. The Morgan fingerprint density at radius 2 is 1.73 bits per heavy atom. The SMILES string of the molecule is CN(CCO)c1cccc2c1S(=O)(=O)N(Cc1cn(Cc3ccc(C(F)(F)F)cc3)nn1)Cc1ccccc1O2. The molecular weight excluding hydrogens is 547 g/mol. The van der Waals surface area contributed by atoms with E-state index in [1.165, 1.54) is 21.1 Å². The highest BCUT2D eigenvalue weighted by Crippen LogP contribution is 2.41. The fourth-order valence-electron chi connectivity index (χ4n) is 4.47. The van der Waals surface area contributed by atoms with Gasteiger partial charge in [-0.2, -0.15) is 17.5 Å². The minimum Gasteiger partial charge on any atom is -0.456 e. The molecule has 0 radical (unpaired) electrons. The lowest BCUT2D eigenvalue weighted by Crippen LogP contribution is -2.33. The molecule has 0 unspecified atom stereocenters. The third-order valence-electron chi connectivity index (χ3n) is 6.49. The maximum Gasteiger partial charge on any atom is 0.416 e. The van der Waals surface area contributed by atoms with Crippen LogP contribution in [0, 0.1) is 0 Å². The van der Waals surface area contributed by atoms with Gasteiger partial charge >= 0.3 is 6.18 Å². The van der Waals surface area contributed by atoms with E-state index in [1.54, 1.807) is 60.6 Å². The lowest BCUT2D eigenvalue weighted by atomic mass is 10.1. The number of ether oxygens (including phenoxy) is 1. The molecule has 1 aromatic heterocycles. The van der Waals surface area contributed by atoms with Gasteiger partial charge in [-0.15, -0.1) is 5.10 Å². The summed E-state index contributed by atoms with van der Waals surface area (Å²) in [6, 6.07) is 16.8. The third-order valence-corrected chi connectivity index (χ3v) is 8.36. The Bertz CT molecular complexity index is 1610. The summed E-state index contributed by atoms with van der Waals surface area (Å²) in [5.74, 6) is 0.668. The first-order valence-corrected chi connectivity index (χ1v) is 13.8. The smallest absolute Gasteiger partial charge is 0.416 e. The van der Waals surface area contributed by atoms with E-state index in [-0.39, 0.29) is 43.4 Å². The third kappa shape index (κ3) is 5.67. The maximum atomic E-state index is 14.1. The first-order chi connectivity index (χ1) is 19.1. The quantitative estimate of drug-likeness (QED) is 0.353. The Kier molecular flexibility index (Phi) is 7.53. The molecule has 2 heterocycles. The Morgan fingerprint density at radius 3 is 2.45 bits per heavy atom. The summed E-state index contributed by atoms with van der Waals surface area (Å²) < 4.78 is 75.7. The number of hydrogen-bond acceptors (Lipinski definition) is 7. The van der Waals surface area contributed by atoms with E-state index in [4.69, 9.17) is 4.74 Å². The van der Waals surface area contributed by atoms with E-state index in [9.17, 15) is 26.7 Å². The predicted molar refractivity (Wildman–Crippen MR) is 140 cm³/mol. The lowest BCUT2D eigenvalue weighted by Gasteiger charge is -2.30. The van der Waals surface area contributed by atoms with Gasteiger partial charge < -0.3 is 14.7 Å². The molecule has 0 spiro atoms. The van der Waals surface area contributed by atoms with Crippen LogP contribution in [-0.2, 0) is 35.8 Å². The van der Waals surface area contributed by atoms with Crippen molar-refractivity contribution in [2.24, 2.45) is 0 Å². The van der Waals surface area contributed by atoms with Crippen molar-refractivity contribution >= 4 is 15.7 Å². The number of sulfonamides is 1. The van der Waals surface area contributed by atoms with Crippen molar-refractivity contribution in [3.8, 4) is 11.5 Å². The molecule has 5 rings (SSSR count). The maximum absolute atomic E-state index is 14.1. The summed E-state index contributed by atoms with van der Waals surface area (Å²) in [5.41, 5.74) is 1.23. The summed E-state index contributed by atoms with van der Waals surface area (Å²) in [4.78, 5) is 1.61. The fourth-order valence-corrected chi connectivity index (χ4v) is 6.19. The topological polar surface area (TPSA) is 101 Å². The summed E-state index contributed by atoms with van der Waals surface area (Å²) in [6.45, 7) is 0.0902. The molecule has 3 aromatic carbocycles. The van der Waals surface area contributed by atoms with Gasteiger partial charge in [-0.25, -0.2) is 13.1 Å². The number of rotatable bonds is 7. The van der Waals surface area contributed by atoms with Gasteiger partial charge in [0.1, 0.15) is 16.4 Å². The van der Waals surface area contributed by atoms with Crippen molar-refractivity contribution in [1.82, 2.24) is 19.3 Å². The number of para-hydroxylation sites is 1. The first-order valence-electron chi connectivity index (χ1n) is 12.3. The number of hydrogen-bond donors (Lipinski definition) is 1. The molecule has 13 heteroatoms. The van der Waals surface area contributed by atoms with E-state index < -0.39 is 21.8 Å². The zero-order chi connectivity index (χ0) is 28.5. The van der Waals surface area contributed by atoms with Crippen LogP contribution in [0.1, 0.15) is 22.4 Å². The zero-order valence-corrected chi connectivity index (χ0v) is 22.2. The van der Waals surface area contributed by atoms with Gasteiger partial charge in [0.15, 0.2) is 0 Å². The summed E-state index contributed by atoms with van der Waals surface area (Å²) in [5, 5.41) is 17.7. The highest BCUT2D eigenvalue weighted by molar-refractivity contribution is 7.89. The molecule has 0 saturated carbocycles. The van der Waals surface area contributed by atoms with Crippen molar-refractivity contribution in [2.45, 2.75) is 30.7 Å². The van der Waals surface area contributed by atoms with Gasteiger partial charge in [0.25, 0.3) is 0 Å². The number of halogens is 3. The Labute approximate surface area is 229 Å². The fraction of sp³-hybridized carbons (Fsp3) is 0.259. The number of likely N-dealkylation sites (N-methyl/N-ethyl adjacent to an activating group) is 1. The van der Waals surface area contributed by atoms with Crippen LogP contribution in [0.3, 0.4) is 0 Å². The largest absolute Gasteiger partial charge is 0.456 e. The van der Waals surface area contributed by atoms with Crippen LogP contribution in [0.2, 0.25) is 0 Å². The van der Waals surface area contributed by atoms with Crippen LogP contribution < -0.4 is 9.64 Å². The van der Waals surface area contributed by atoms with Crippen LogP contribution >= 0.6 is 0 Å². The average Bonchev–Trinajstić information content (AvgIpc) is 3.35. The molecule has 4 aromatic rings. The molecule has 0 amide bonds. The molecular formula is C27H26F3N5O4S. The monoisotopic (exact) mass is 573 g/mol. The predicted octanol–water partition coefficient (Wildman–Crippen LogP) is 4.27. The summed E-state index contributed by atoms with van der Waals surface area (Å²) in [7, 11) is -2.46. The van der Waals surface area contributed by atoms with Gasteiger partial charge in [0.05, 0.1) is 42.8 Å². The molecule has 1 aliphatic rings. The number of alkyl halides is 3. The zero-order valence-electron chi connectivity index (χ0n) is 21.4. The summed E-state index contributed by atoms with van der Waals surface area (Å²) in [6.07, 6.45) is -2.86. The normalized spacial score (nSPS) is 14.9. The van der Waals surface area contributed by atoms with Crippen molar-refractivity contribution in [1.29, 1.82) is 0 Å². The van der Waals surface area contributed by atoms with Crippen molar-refractivity contribution in [3.05, 3.63) is 95.3 Å². The van der Waals surface area contributed by atoms with Crippen molar-refractivity contribution < 1.29 is 31.4 Å². The Hall–Kier alpha value is -3.94.